The molecule has 0 saturated heterocycles. The average Bonchev–Trinajstić information content (AvgIpc) is 3.43. The summed E-state index contributed by atoms with van der Waals surface area (Å²) in [6.45, 7) is 2.60. The molecule has 5 aromatic rings. The minimum Gasteiger partial charge on any atom is -0.456 e. The number of carbonyl (C=O) groups is 1. The van der Waals surface area contributed by atoms with Gasteiger partial charge >= 0.3 is 0 Å². The Balaban J connectivity index is 1.36. The number of hydrogen-bond donors (Lipinski definition) is 2. The van der Waals surface area contributed by atoms with E-state index in [1.807, 2.05) is 51.8 Å². The molecule has 9 nitrogen and oxygen atoms in total. The molecule has 10 heteroatoms. The molecule has 0 radical (unpaired) electrons. The number of nitrogens with zero attached hydrogens (tertiary/aromatic N) is 5. The summed E-state index contributed by atoms with van der Waals surface area (Å²) in [6, 6.07) is 11.1. The van der Waals surface area contributed by atoms with E-state index in [-0.39, 0.29) is 5.91 Å². The zero-order valence-electron chi connectivity index (χ0n) is 17.7. The van der Waals surface area contributed by atoms with Crippen LogP contribution < -0.4 is 15.4 Å². The first-order valence-corrected chi connectivity index (χ1v) is 10.7. The molecule has 0 saturated carbocycles. The number of nitrogens with one attached hydrogen (secondary N) is 2. The van der Waals surface area contributed by atoms with Crippen LogP contribution in [-0.4, -0.2) is 36.4 Å². The third-order valence-corrected chi connectivity index (χ3v) is 5.36. The van der Waals surface area contributed by atoms with E-state index in [0.717, 1.165) is 22.4 Å². The van der Waals surface area contributed by atoms with Crippen molar-refractivity contribution in [2.75, 3.05) is 11.9 Å². The number of carbonyl (C=O) groups excluding carboxylic acids is 1. The Kier molecular flexibility index (Phi) is 5.54. The third kappa shape index (κ3) is 4.44. The minimum atomic E-state index is -0.0669. The van der Waals surface area contributed by atoms with Gasteiger partial charge in [-0.1, -0.05) is 11.6 Å². The van der Waals surface area contributed by atoms with Gasteiger partial charge in [0.1, 0.15) is 29.0 Å². The van der Waals surface area contributed by atoms with Crippen LogP contribution >= 0.6 is 11.6 Å². The van der Waals surface area contributed by atoms with Crippen molar-refractivity contribution in [2.45, 2.75) is 13.5 Å². The van der Waals surface area contributed by atoms with Crippen molar-refractivity contribution in [3.8, 4) is 11.5 Å². The van der Waals surface area contributed by atoms with E-state index in [2.05, 4.69) is 25.6 Å². The van der Waals surface area contributed by atoms with E-state index < -0.39 is 0 Å². The highest BCUT2D eigenvalue weighted by atomic mass is 35.5. The lowest BCUT2D eigenvalue weighted by atomic mass is 10.3. The van der Waals surface area contributed by atoms with Crippen molar-refractivity contribution in [3.05, 3.63) is 72.5 Å². The summed E-state index contributed by atoms with van der Waals surface area (Å²) >= 11 is 6.51. The van der Waals surface area contributed by atoms with E-state index in [1.54, 1.807) is 18.3 Å². The zero-order valence-corrected chi connectivity index (χ0v) is 18.5. The van der Waals surface area contributed by atoms with Crippen LogP contribution in [0.25, 0.3) is 16.7 Å². The van der Waals surface area contributed by atoms with Crippen molar-refractivity contribution < 1.29 is 9.53 Å². The highest BCUT2D eigenvalue weighted by Crippen LogP contribution is 2.33. The number of halogens is 1. The number of imidazole rings is 1. The van der Waals surface area contributed by atoms with Crippen molar-refractivity contribution in [1.29, 1.82) is 0 Å². The number of amides is 1. The normalized spacial score (nSPS) is 11.1. The van der Waals surface area contributed by atoms with Gasteiger partial charge in [0.05, 0.1) is 10.5 Å². The highest BCUT2D eigenvalue weighted by Gasteiger charge is 2.12. The smallest absolute Gasteiger partial charge is 0.216 e. The number of pyridine rings is 1. The summed E-state index contributed by atoms with van der Waals surface area (Å²) in [4.78, 5) is 24.2. The van der Waals surface area contributed by atoms with Gasteiger partial charge in [-0.2, -0.15) is 0 Å². The molecule has 1 amide bonds. The molecule has 0 unspecified atom stereocenters. The maximum Gasteiger partial charge on any atom is 0.216 e. The average molecular weight is 462 g/mol. The van der Waals surface area contributed by atoms with Gasteiger partial charge < -0.3 is 24.3 Å². The van der Waals surface area contributed by atoms with Gasteiger partial charge in [0.15, 0.2) is 5.82 Å². The third-order valence-electron chi connectivity index (χ3n) is 5.07. The zero-order chi connectivity index (χ0) is 22.8. The molecule has 0 aliphatic rings. The Morgan fingerprint density at radius 3 is 2.85 bits per heavy atom. The van der Waals surface area contributed by atoms with Crippen LogP contribution in [0, 0.1) is 0 Å². The van der Waals surface area contributed by atoms with Crippen molar-refractivity contribution in [2.24, 2.45) is 0 Å². The lowest BCUT2D eigenvalue weighted by Gasteiger charge is -2.13. The summed E-state index contributed by atoms with van der Waals surface area (Å²) in [5.41, 5.74) is 3.19. The standard InChI is InChI=1S/C23H20ClN7O2/c1-15(32)25-6-11-31-9-5-19-22(31)23(28-14-27-19)29-16-2-3-20(18(24)12-16)33-17-4-8-30-10-7-26-21(30)13-17/h2-5,7-10,12-14H,6,11H2,1H3,(H,25,32)(H,27,28,29). The molecular weight excluding hydrogens is 442 g/mol. The highest BCUT2D eigenvalue weighted by molar-refractivity contribution is 6.32. The first-order chi connectivity index (χ1) is 16.1. The fraction of sp³-hybridized carbons (Fsp3) is 0.130. The van der Waals surface area contributed by atoms with Crippen molar-refractivity contribution >= 4 is 45.7 Å². The Hall–Kier alpha value is -4.11. The number of aromatic nitrogens is 5. The lowest BCUT2D eigenvalue weighted by Crippen LogP contribution is -2.24. The summed E-state index contributed by atoms with van der Waals surface area (Å²) in [5.74, 6) is 1.75. The first-order valence-electron chi connectivity index (χ1n) is 10.3. The second kappa shape index (κ2) is 8.79. The fourth-order valence-corrected chi connectivity index (χ4v) is 3.76. The molecule has 0 bridgehead atoms. The summed E-state index contributed by atoms with van der Waals surface area (Å²) in [7, 11) is 0. The quantitative estimate of drug-likeness (QED) is 0.372. The first kappa shape index (κ1) is 20.8. The number of benzene rings is 1. The molecule has 166 valence electrons. The predicted molar refractivity (Wildman–Crippen MR) is 126 cm³/mol. The molecule has 4 heterocycles. The molecule has 1 aromatic carbocycles. The molecular formula is C23H20ClN7O2. The van der Waals surface area contributed by atoms with Crippen LogP contribution in [0.5, 0.6) is 11.5 Å². The van der Waals surface area contributed by atoms with Crippen LogP contribution in [0.2, 0.25) is 5.02 Å². The fourth-order valence-electron chi connectivity index (χ4n) is 3.54. The van der Waals surface area contributed by atoms with E-state index in [9.17, 15) is 4.79 Å². The van der Waals surface area contributed by atoms with Crippen molar-refractivity contribution in [3.63, 3.8) is 0 Å². The van der Waals surface area contributed by atoms with E-state index in [0.29, 0.717) is 35.4 Å². The molecule has 0 spiro atoms. The van der Waals surface area contributed by atoms with Gasteiger partial charge in [-0.15, -0.1) is 0 Å². The summed E-state index contributed by atoms with van der Waals surface area (Å²) in [6.07, 6.45) is 8.91. The molecule has 33 heavy (non-hydrogen) atoms. The van der Waals surface area contributed by atoms with E-state index in [4.69, 9.17) is 16.3 Å². The van der Waals surface area contributed by atoms with Gasteiger partial charge in [0.2, 0.25) is 5.91 Å². The van der Waals surface area contributed by atoms with E-state index >= 15 is 0 Å². The number of anilines is 2. The number of hydrogen-bond acceptors (Lipinski definition) is 6. The van der Waals surface area contributed by atoms with Gasteiger partial charge in [-0.25, -0.2) is 15.0 Å². The monoisotopic (exact) mass is 461 g/mol. The number of fused-ring (bicyclic) bond motifs is 2. The SMILES string of the molecule is CC(=O)NCCn1ccc2ncnc(Nc3ccc(Oc4ccn5ccnc5c4)c(Cl)c3)c21. The summed E-state index contributed by atoms with van der Waals surface area (Å²) in [5, 5.41) is 6.57. The Morgan fingerprint density at radius 2 is 2.00 bits per heavy atom. The maximum absolute atomic E-state index is 11.2. The van der Waals surface area contributed by atoms with Crippen LogP contribution in [0.15, 0.2) is 67.5 Å². The maximum atomic E-state index is 11.2. The van der Waals surface area contributed by atoms with Gasteiger partial charge in [-0.3, -0.25) is 4.79 Å². The predicted octanol–water partition coefficient (Wildman–Crippen LogP) is 4.40. The lowest BCUT2D eigenvalue weighted by molar-refractivity contribution is -0.118. The Labute approximate surface area is 194 Å². The molecule has 0 fully saturated rings. The van der Waals surface area contributed by atoms with Crippen molar-refractivity contribution in [1.82, 2.24) is 29.2 Å². The Bertz CT molecular complexity index is 1460. The molecule has 5 rings (SSSR count). The van der Waals surface area contributed by atoms with Gasteiger partial charge in [0, 0.05) is 56.6 Å². The van der Waals surface area contributed by atoms with Gasteiger partial charge in [-0.05, 0) is 30.3 Å². The van der Waals surface area contributed by atoms with E-state index in [1.165, 1.54) is 13.3 Å². The summed E-state index contributed by atoms with van der Waals surface area (Å²) < 4.78 is 9.85. The number of rotatable bonds is 7. The molecule has 0 aliphatic heterocycles. The van der Waals surface area contributed by atoms with Crippen LogP contribution in [0.1, 0.15) is 6.92 Å². The topological polar surface area (TPSA) is 98.4 Å². The number of ether oxygens (including phenoxy) is 1. The minimum absolute atomic E-state index is 0.0669. The second-order valence-electron chi connectivity index (χ2n) is 7.38. The second-order valence-corrected chi connectivity index (χ2v) is 7.78. The molecule has 4 aromatic heterocycles. The Morgan fingerprint density at radius 1 is 1.09 bits per heavy atom. The molecule has 2 N–H and O–H groups in total. The van der Waals surface area contributed by atoms with Crippen LogP contribution in [-0.2, 0) is 11.3 Å². The van der Waals surface area contributed by atoms with Gasteiger partial charge in [0.25, 0.3) is 0 Å². The van der Waals surface area contributed by atoms with Crippen LogP contribution in [0.3, 0.4) is 0 Å². The van der Waals surface area contributed by atoms with Crippen LogP contribution in [0.4, 0.5) is 11.5 Å². The molecule has 0 atom stereocenters. The molecule has 0 aliphatic carbocycles. The largest absolute Gasteiger partial charge is 0.456 e.